The number of allylic oxidation sites excluding steroid dienone is 1. The third kappa shape index (κ3) is 4.06. The first kappa shape index (κ1) is 18.4. The summed E-state index contributed by atoms with van der Waals surface area (Å²) in [6.07, 6.45) is 3.06. The maximum atomic E-state index is 12.5. The summed E-state index contributed by atoms with van der Waals surface area (Å²) < 4.78 is 11.0. The highest BCUT2D eigenvalue weighted by Crippen LogP contribution is 2.34. The fourth-order valence-corrected chi connectivity index (χ4v) is 2.87. The van der Waals surface area contributed by atoms with Gasteiger partial charge in [-0.25, -0.2) is 4.79 Å². The molecule has 0 saturated carbocycles. The minimum atomic E-state index is -0.438. The molecule has 4 nitrogen and oxygen atoms in total. The zero-order valence-corrected chi connectivity index (χ0v) is 15.3. The summed E-state index contributed by atoms with van der Waals surface area (Å²) in [4.78, 5) is 24.8. The summed E-state index contributed by atoms with van der Waals surface area (Å²) in [6, 6.07) is 18.4. The van der Waals surface area contributed by atoms with E-state index in [1.165, 1.54) is 6.08 Å². The van der Waals surface area contributed by atoms with Gasteiger partial charge in [-0.3, -0.25) is 4.79 Å². The molecule has 0 radical (unpaired) electrons. The van der Waals surface area contributed by atoms with Crippen molar-refractivity contribution in [3.05, 3.63) is 89.4 Å². The van der Waals surface area contributed by atoms with Gasteiger partial charge in [0, 0.05) is 11.1 Å². The summed E-state index contributed by atoms with van der Waals surface area (Å²) in [5.74, 6) is 0.332. The minimum absolute atomic E-state index is 0.138. The van der Waals surface area contributed by atoms with Crippen LogP contribution in [0.1, 0.15) is 39.2 Å². The summed E-state index contributed by atoms with van der Waals surface area (Å²) >= 11 is 0. The Hall–Kier alpha value is -3.40. The third-order valence-electron chi connectivity index (χ3n) is 4.10. The molecular weight excluding hydrogens is 340 g/mol. The van der Waals surface area contributed by atoms with Crippen LogP contribution < -0.4 is 0 Å². The van der Waals surface area contributed by atoms with Crippen LogP contribution in [-0.2, 0) is 4.74 Å². The largest absolute Gasteiger partial charge is 0.462 e. The maximum absolute atomic E-state index is 12.5. The van der Waals surface area contributed by atoms with Crippen molar-refractivity contribution < 1.29 is 18.7 Å². The number of hydrogen-bond acceptors (Lipinski definition) is 4. The summed E-state index contributed by atoms with van der Waals surface area (Å²) in [5, 5.41) is 0. The zero-order chi connectivity index (χ0) is 19.2. The van der Waals surface area contributed by atoms with Crippen molar-refractivity contribution in [3.8, 4) is 11.1 Å². The Morgan fingerprint density at radius 3 is 2.26 bits per heavy atom. The Kier molecular flexibility index (Phi) is 5.67. The molecule has 3 rings (SSSR count). The molecule has 27 heavy (non-hydrogen) atoms. The van der Waals surface area contributed by atoms with E-state index in [-0.39, 0.29) is 12.4 Å². The second-order valence-corrected chi connectivity index (χ2v) is 5.92. The van der Waals surface area contributed by atoms with E-state index in [9.17, 15) is 9.59 Å². The second-order valence-electron chi connectivity index (χ2n) is 5.92. The molecule has 0 unspecified atom stereocenters. The standard InChI is InChI=1S/C23H20O4/c1-3-26-23(25)21-16(2)27-20(22(21)18-12-8-5-9-13-18)15-14-19(24)17-10-6-4-7-11-17/h4-15H,3H2,1-2H3/b15-14+. The molecule has 3 aromatic rings. The Morgan fingerprint density at radius 1 is 1.00 bits per heavy atom. The molecule has 2 aromatic carbocycles. The number of rotatable bonds is 6. The number of carbonyl (C=O) groups excluding carboxylic acids is 2. The molecule has 0 saturated heterocycles. The van der Waals surface area contributed by atoms with E-state index < -0.39 is 5.97 Å². The van der Waals surface area contributed by atoms with Crippen molar-refractivity contribution in [2.75, 3.05) is 6.61 Å². The van der Waals surface area contributed by atoms with E-state index in [2.05, 4.69) is 0 Å². The molecule has 4 heteroatoms. The van der Waals surface area contributed by atoms with Crippen LogP contribution in [0.25, 0.3) is 17.2 Å². The van der Waals surface area contributed by atoms with Crippen LogP contribution >= 0.6 is 0 Å². The Balaban J connectivity index is 2.05. The summed E-state index contributed by atoms with van der Waals surface area (Å²) in [7, 11) is 0. The summed E-state index contributed by atoms with van der Waals surface area (Å²) in [6.45, 7) is 3.75. The van der Waals surface area contributed by atoms with Crippen molar-refractivity contribution in [1.29, 1.82) is 0 Å². The second kappa shape index (κ2) is 8.32. The van der Waals surface area contributed by atoms with Crippen molar-refractivity contribution >= 4 is 17.8 Å². The number of carbonyl (C=O) groups is 2. The van der Waals surface area contributed by atoms with Crippen molar-refractivity contribution in [1.82, 2.24) is 0 Å². The van der Waals surface area contributed by atoms with Crippen molar-refractivity contribution in [3.63, 3.8) is 0 Å². The first-order chi connectivity index (χ1) is 13.1. The van der Waals surface area contributed by atoms with Crippen LogP contribution in [-0.4, -0.2) is 18.4 Å². The van der Waals surface area contributed by atoms with Gasteiger partial charge in [0.05, 0.1) is 6.61 Å². The van der Waals surface area contributed by atoms with E-state index in [0.717, 1.165) is 5.56 Å². The van der Waals surface area contributed by atoms with Gasteiger partial charge < -0.3 is 9.15 Å². The van der Waals surface area contributed by atoms with Gasteiger partial charge >= 0.3 is 5.97 Å². The van der Waals surface area contributed by atoms with Gasteiger partial charge in [-0.15, -0.1) is 0 Å². The molecule has 0 aliphatic rings. The first-order valence-electron chi connectivity index (χ1n) is 8.75. The monoisotopic (exact) mass is 360 g/mol. The van der Waals surface area contributed by atoms with E-state index in [1.807, 2.05) is 48.5 Å². The highest BCUT2D eigenvalue weighted by Gasteiger charge is 2.24. The average molecular weight is 360 g/mol. The van der Waals surface area contributed by atoms with Gasteiger partial charge in [0.15, 0.2) is 5.78 Å². The van der Waals surface area contributed by atoms with Crippen LogP contribution in [0.5, 0.6) is 0 Å². The number of furan rings is 1. The third-order valence-corrected chi connectivity index (χ3v) is 4.10. The maximum Gasteiger partial charge on any atom is 0.342 e. The molecule has 0 aliphatic heterocycles. The Labute approximate surface area is 158 Å². The van der Waals surface area contributed by atoms with Gasteiger partial charge in [-0.1, -0.05) is 60.7 Å². The highest BCUT2D eigenvalue weighted by atomic mass is 16.5. The molecule has 136 valence electrons. The Bertz CT molecular complexity index is 966. The fourth-order valence-electron chi connectivity index (χ4n) is 2.87. The lowest BCUT2D eigenvalue weighted by atomic mass is 9.99. The summed E-state index contributed by atoms with van der Waals surface area (Å²) in [5.41, 5.74) is 2.42. The van der Waals surface area contributed by atoms with Gasteiger partial charge in [-0.2, -0.15) is 0 Å². The highest BCUT2D eigenvalue weighted by molar-refractivity contribution is 6.07. The molecule has 0 fully saturated rings. The Morgan fingerprint density at radius 2 is 1.63 bits per heavy atom. The molecule has 0 bridgehead atoms. The van der Waals surface area contributed by atoms with Gasteiger partial charge in [0.1, 0.15) is 17.1 Å². The van der Waals surface area contributed by atoms with Crippen LogP contribution in [0.2, 0.25) is 0 Å². The minimum Gasteiger partial charge on any atom is -0.462 e. The first-order valence-corrected chi connectivity index (χ1v) is 8.75. The molecule has 0 atom stereocenters. The van der Waals surface area contributed by atoms with Crippen molar-refractivity contribution in [2.24, 2.45) is 0 Å². The molecule has 0 aliphatic carbocycles. The number of ether oxygens (including phenoxy) is 1. The normalized spacial score (nSPS) is 10.9. The zero-order valence-electron chi connectivity index (χ0n) is 15.3. The SMILES string of the molecule is CCOC(=O)c1c(C)oc(/C=C/C(=O)c2ccccc2)c1-c1ccccc1. The van der Waals surface area contributed by atoms with Crippen LogP contribution in [0.3, 0.4) is 0 Å². The quantitative estimate of drug-likeness (QED) is 0.339. The van der Waals surface area contributed by atoms with E-state index in [0.29, 0.717) is 28.2 Å². The van der Waals surface area contributed by atoms with Gasteiger partial charge in [0.2, 0.25) is 0 Å². The van der Waals surface area contributed by atoms with Crippen LogP contribution in [0.4, 0.5) is 0 Å². The number of aryl methyl sites for hydroxylation is 1. The lowest BCUT2D eigenvalue weighted by Gasteiger charge is -2.05. The van der Waals surface area contributed by atoms with Crippen LogP contribution in [0, 0.1) is 6.92 Å². The number of ketones is 1. The van der Waals surface area contributed by atoms with E-state index in [4.69, 9.17) is 9.15 Å². The van der Waals surface area contributed by atoms with E-state index >= 15 is 0 Å². The molecule has 0 amide bonds. The lowest BCUT2D eigenvalue weighted by Crippen LogP contribution is -2.06. The van der Waals surface area contributed by atoms with Gasteiger partial charge in [-0.05, 0) is 31.6 Å². The molecule has 1 aromatic heterocycles. The smallest absolute Gasteiger partial charge is 0.342 e. The molecular formula is C23H20O4. The number of benzene rings is 2. The van der Waals surface area contributed by atoms with E-state index in [1.54, 1.807) is 32.1 Å². The number of hydrogen-bond donors (Lipinski definition) is 0. The predicted molar refractivity (Wildman–Crippen MR) is 105 cm³/mol. The average Bonchev–Trinajstić information content (AvgIpc) is 3.04. The molecule has 0 spiro atoms. The fraction of sp³-hybridized carbons (Fsp3) is 0.130. The molecule has 0 N–H and O–H groups in total. The predicted octanol–water partition coefficient (Wildman–Crippen LogP) is 5.33. The van der Waals surface area contributed by atoms with Gasteiger partial charge in [0.25, 0.3) is 0 Å². The lowest BCUT2D eigenvalue weighted by molar-refractivity contribution is 0.0525. The number of esters is 1. The topological polar surface area (TPSA) is 56.5 Å². The molecule has 1 heterocycles. The van der Waals surface area contributed by atoms with Crippen molar-refractivity contribution in [2.45, 2.75) is 13.8 Å². The van der Waals surface area contributed by atoms with Crippen LogP contribution in [0.15, 0.2) is 71.2 Å².